The number of nitrogens with one attached hydrogen (secondary N) is 2. The van der Waals surface area contributed by atoms with E-state index >= 15 is 0 Å². The van der Waals surface area contributed by atoms with E-state index in [9.17, 15) is 4.79 Å². The van der Waals surface area contributed by atoms with E-state index in [-0.39, 0.29) is 5.91 Å². The van der Waals surface area contributed by atoms with Crippen molar-refractivity contribution in [2.24, 2.45) is 0 Å². The molecule has 2 aromatic carbocycles. The van der Waals surface area contributed by atoms with E-state index in [1.54, 1.807) is 24.3 Å². The van der Waals surface area contributed by atoms with Gasteiger partial charge < -0.3 is 10.6 Å². The lowest BCUT2D eigenvalue weighted by Gasteiger charge is -2.10. The molecule has 3 aromatic rings. The predicted molar refractivity (Wildman–Crippen MR) is 99.5 cm³/mol. The Labute approximate surface area is 152 Å². The highest BCUT2D eigenvalue weighted by Crippen LogP contribution is 2.23. The fourth-order valence-electron chi connectivity index (χ4n) is 2.27. The molecule has 0 spiro atoms. The summed E-state index contributed by atoms with van der Waals surface area (Å²) in [5, 5.41) is 7.41. The summed E-state index contributed by atoms with van der Waals surface area (Å²) in [5.41, 5.74) is 1.33. The van der Waals surface area contributed by atoms with Gasteiger partial charge in [-0.3, -0.25) is 4.79 Å². The molecule has 3 rings (SSSR count). The maximum Gasteiger partial charge on any atom is 0.252 e. The summed E-state index contributed by atoms with van der Waals surface area (Å²) in [7, 11) is 0. The standard InChI is InChI=1S/C17H14BrClN4O/c18-11-5-6-15-13(9-11)16(23-10-22-15)20-7-8-21-17(24)12-3-1-2-4-14(12)19/h1-6,9-10H,7-8H2,(H,21,24)(H,20,22,23). The Morgan fingerprint density at radius 2 is 1.96 bits per heavy atom. The summed E-state index contributed by atoms with van der Waals surface area (Å²) in [6.45, 7) is 0.984. The molecular weight excluding hydrogens is 392 g/mol. The van der Waals surface area contributed by atoms with Gasteiger partial charge in [0.1, 0.15) is 12.1 Å². The largest absolute Gasteiger partial charge is 0.368 e. The third-order valence-electron chi connectivity index (χ3n) is 3.42. The molecule has 0 bridgehead atoms. The number of amides is 1. The van der Waals surface area contributed by atoms with Crippen LogP contribution < -0.4 is 10.6 Å². The molecule has 0 atom stereocenters. The summed E-state index contributed by atoms with van der Waals surface area (Å²) in [6.07, 6.45) is 1.51. The fraction of sp³-hybridized carbons (Fsp3) is 0.118. The van der Waals surface area contributed by atoms with Crippen molar-refractivity contribution in [3.8, 4) is 0 Å². The van der Waals surface area contributed by atoms with Gasteiger partial charge in [-0.1, -0.05) is 39.7 Å². The Kier molecular flexibility index (Phi) is 5.27. The number of fused-ring (bicyclic) bond motifs is 1. The molecule has 0 aliphatic rings. The van der Waals surface area contributed by atoms with Gasteiger partial charge in [0.2, 0.25) is 0 Å². The Morgan fingerprint density at radius 3 is 2.79 bits per heavy atom. The Balaban J connectivity index is 1.60. The molecule has 0 aliphatic carbocycles. The van der Waals surface area contributed by atoms with Crippen molar-refractivity contribution in [1.29, 1.82) is 0 Å². The quantitative estimate of drug-likeness (QED) is 0.632. The molecule has 0 saturated carbocycles. The smallest absolute Gasteiger partial charge is 0.252 e. The van der Waals surface area contributed by atoms with E-state index in [4.69, 9.17) is 11.6 Å². The second kappa shape index (κ2) is 7.59. The van der Waals surface area contributed by atoms with Gasteiger partial charge in [-0.25, -0.2) is 9.97 Å². The van der Waals surface area contributed by atoms with E-state index in [0.29, 0.717) is 23.7 Å². The first-order chi connectivity index (χ1) is 11.6. The van der Waals surface area contributed by atoms with Gasteiger partial charge in [0, 0.05) is 22.9 Å². The average Bonchev–Trinajstić information content (AvgIpc) is 2.59. The molecule has 5 nitrogen and oxygen atoms in total. The number of halogens is 2. The van der Waals surface area contributed by atoms with Gasteiger partial charge >= 0.3 is 0 Å². The van der Waals surface area contributed by atoms with E-state index in [0.717, 1.165) is 21.2 Å². The zero-order valence-electron chi connectivity index (χ0n) is 12.6. The second-order valence-electron chi connectivity index (χ2n) is 5.05. The number of anilines is 1. The Morgan fingerprint density at radius 1 is 1.12 bits per heavy atom. The number of hydrogen-bond donors (Lipinski definition) is 2. The van der Waals surface area contributed by atoms with Crippen LogP contribution in [0, 0.1) is 0 Å². The number of hydrogen-bond acceptors (Lipinski definition) is 4. The van der Waals surface area contributed by atoms with Crippen molar-refractivity contribution in [2.75, 3.05) is 18.4 Å². The van der Waals surface area contributed by atoms with Crippen LogP contribution in [0.4, 0.5) is 5.82 Å². The van der Waals surface area contributed by atoms with Gasteiger partial charge in [-0.15, -0.1) is 0 Å². The van der Waals surface area contributed by atoms with Crippen LogP contribution in [-0.2, 0) is 0 Å². The molecule has 1 heterocycles. The highest BCUT2D eigenvalue weighted by atomic mass is 79.9. The van der Waals surface area contributed by atoms with Crippen molar-refractivity contribution in [1.82, 2.24) is 15.3 Å². The average molecular weight is 406 g/mol. The zero-order valence-corrected chi connectivity index (χ0v) is 14.9. The first-order valence-electron chi connectivity index (χ1n) is 7.32. The third-order valence-corrected chi connectivity index (χ3v) is 4.24. The highest BCUT2D eigenvalue weighted by Gasteiger charge is 2.09. The van der Waals surface area contributed by atoms with Crippen LogP contribution in [0.2, 0.25) is 5.02 Å². The van der Waals surface area contributed by atoms with Crippen molar-refractivity contribution >= 4 is 50.2 Å². The van der Waals surface area contributed by atoms with Gasteiger partial charge in [-0.2, -0.15) is 0 Å². The number of nitrogens with zero attached hydrogens (tertiary/aromatic N) is 2. The number of carbonyl (C=O) groups excluding carboxylic acids is 1. The number of rotatable bonds is 5. The van der Waals surface area contributed by atoms with Crippen LogP contribution in [0.15, 0.2) is 53.3 Å². The summed E-state index contributed by atoms with van der Waals surface area (Å²) < 4.78 is 0.958. The summed E-state index contributed by atoms with van der Waals surface area (Å²) in [5.74, 6) is 0.533. The molecule has 1 amide bonds. The van der Waals surface area contributed by atoms with Gasteiger partial charge in [0.15, 0.2) is 0 Å². The molecular formula is C17H14BrClN4O. The molecule has 122 valence electrons. The fourth-order valence-corrected chi connectivity index (χ4v) is 2.85. The molecule has 1 aromatic heterocycles. The molecule has 24 heavy (non-hydrogen) atoms. The number of benzene rings is 2. The number of carbonyl (C=O) groups is 1. The van der Waals surface area contributed by atoms with Crippen LogP contribution in [0.3, 0.4) is 0 Å². The normalized spacial score (nSPS) is 10.6. The first kappa shape index (κ1) is 16.7. The second-order valence-corrected chi connectivity index (χ2v) is 6.37. The van der Waals surface area contributed by atoms with E-state index in [2.05, 4.69) is 36.5 Å². The van der Waals surface area contributed by atoms with Crippen LogP contribution in [0.1, 0.15) is 10.4 Å². The van der Waals surface area contributed by atoms with Crippen molar-refractivity contribution in [3.05, 3.63) is 63.9 Å². The maximum atomic E-state index is 12.1. The van der Waals surface area contributed by atoms with Crippen molar-refractivity contribution in [2.45, 2.75) is 0 Å². The summed E-state index contributed by atoms with van der Waals surface area (Å²) in [4.78, 5) is 20.6. The third kappa shape index (κ3) is 3.83. The van der Waals surface area contributed by atoms with E-state index < -0.39 is 0 Å². The molecule has 0 radical (unpaired) electrons. The molecule has 0 fully saturated rings. The highest BCUT2D eigenvalue weighted by molar-refractivity contribution is 9.10. The zero-order chi connectivity index (χ0) is 16.9. The van der Waals surface area contributed by atoms with Gasteiger partial charge in [-0.05, 0) is 30.3 Å². The van der Waals surface area contributed by atoms with Gasteiger partial charge in [0.25, 0.3) is 5.91 Å². The van der Waals surface area contributed by atoms with E-state index in [1.165, 1.54) is 6.33 Å². The van der Waals surface area contributed by atoms with Crippen molar-refractivity contribution < 1.29 is 4.79 Å². The molecule has 0 saturated heterocycles. The lowest BCUT2D eigenvalue weighted by Crippen LogP contribution is -2.29. The minimum Gasteiger partial charge on any atom is -0.368 e. The van der Waals surface area contributed by atoms with Crippen LogP contribution >= 0.6 is 27.5 Å². The van der Waals surface area contributed by atoms with Crippen LogP contribution in [-0.4, -0.2) is 29.0 Å². The van der Waals surface area contributed by atoms with Crippen molar-refractivity contribution in [3.63, 3.8) is 0 Å². The minimum atomic E-state index is -0.197. The first-order valence-corrected chi connectivity index (χ1v) is 8.49. The van der Waals surface area contributed by atoms with Crippen LogP contribution in [0.25, 0.3) is 10.9 Å². The van der Waals surface area contributed by atoms with Crippen LogP contribution in [0.5, 0.6) is 0 Å². The lowest BCUT2D eigenvalue weighted by atomic mass is 10.2. The molecule has 7 heteroatoms. The van der Waals surface area contributed by atoms with E-state index in [1.807, 2.05) is 18.2 Å². The Bertz CT molecular complexity index is 887. The molecule has 2 N–H and O–H groups in total. The van der Waals surface area contributed by atoms with Gasteiger partial charge in [0.05, 0.1) is 16.1 Å². The Hall–Kier alpha value is -2.18. The monoisotopic (exact) mass is 404 g/mol. The maximum absolute atomic E-state index is 12.1. The SMILES string of the molecule is O=C(NCCNc1ncnc2ccc(Br)cc12)c1ccccc1Cl. The summed E-state index contributed by atoms with van der Waals surface area (Å²) >= 11 is 9.46. The molecule has 0 unspecified atom stereocenters. The number of aromatic nitrogens is 2. The minimum absolute atomic E-state index is 0.197. The molecule has 0 aliphatic heterocycles. The topological polar surface area (TPSA) is 66.9 Å². The lowest BCUT2D eigenvalue weighted by molar-refractivity contribution is 0.0955. The predicted octanol–water partition coefficient (Wildman–Crippen LogP) is 3.89. The summed E-state index contributed by atoms with van der Waals surface area (Å²) in [6, 6.07) is 12.8.